The Balaban J connectivity index is 2.11. The fourth-order valence-corrected chi connectivity index (χ4v) is 3.09. The van der Waals surface area contributed by atoms with Crippen LogP contribution in [-0.4, -0.2) is 51.6 Å². The predicted octanol–water partition coefficient (Wildman–Crippen LogP) is 2.77. The lowest BCUT2D eigenvalue weighted by molar-refractivity contribution is -0.118. The summed E-state index contributed by atoms with van der Waals surface area (Å²) in [6, 6.07) is 2.88. The van der Waals surface area contributed by atoms with E-state index in [4.69, 9.17) is 0 Å². The number of halogens is 3. The van der Waals surface area contributed by atoms with Crippen molar-refractivity contribution in [3.63, 3.8) is 0 Å². The third-order valence-corrected chi connectivity index (χ3v) is 4.68. The van der Waals surface area contributed by atoms with Gasteiger partial charge in [-0.15, -0.1) is 0 Å². The summed E-state index contributed by atoms with van der Waals surface area (Å²) in [7, 11) is 0. The number of hydrogen-bond donors (Lipinski definition) is 3. The van der Waals surface area contributed by atoms with Crippen LogP contribution in [0.5, 0.6) is 0 Å². The molecule has 0 atom stereocenters. The van der Waals surface area contributed by atoms with Crippen molar-refractivity contribution in [1.82, 2.24) is 21.1 Å². The van der Waals surface area contributed by atoms with E-state index in [0.717, 1.165) is 12.1 Å². The maximum Gasteiger partial charge on any atom is 0.266 e. The molecule has 1 heterocycles. The van der Waals surface area contributed by atoms with Gasteiger partial charge in [-0.1, -0.05) is 11.8 Å². The van der Waals surface area contributed by atoms with E-state index >= 15 is 0 Å². The second kappa shape index (κ2) is 10.9. The number of hydroxylamine groups is 1. The average Bonchev–Trinajstić information content (AvgIpc) is 3.13. The van der Waals surface area contributed by atoms with Crippen molar-refractivity contribution in [2.24, 2.45) is 4.99 Å². The molecule has 0 aliphatic heterocycles. The first-order valence-electron chi connectivity index (χ1n) is 7.74. The lowest BCUT2D eigenvalue weighted by Crippen LogP contribution is -2.27. The summed E-state index contributed by atoms with van der Waals surface area (Å²) in [4.78, 5) is 15.4. The van der Waals surface area contributed by atoms with E-state index in [-0.39, 0.29) is 28.2 Å². The van der Waals surface area contributed by atoms with Gasteiger partial charge in [0.25, 0.3) is 6.43 Å². The smallest absolute Gasteiger partial charge is 0.266 e. The van der Waals surface area contributed by atoms with Gasteiger partial charge in [-0.05, 0) is 34.8 Å². The van der Waals surface area contributed by atoms with Gasteiger partial charge in [0.05, 0.1) is 17.0 Å². The standard InChI is InChI=1S/C15H16F3N5O3S2/c1-27-7-11(24)19-4-5-28-15-12(22-26-23-15)14(21-25)20-8-2-3-10(16)9(6-8)13(17)18/h2-3,6,13,25H,4-5,7H2,1H3,(H,19,24)(H,20,21). The Bertz CT molecular complexity index is 835. The lowest BCUT2D eigenvalue weighted by atomic mass is 10.2. The van der Waals surface area contributed by atoms with Crippen LogP contribution < -0.4 is 10.8 Å². The molecule has 0 fully saturated rings. The van der Waals surface area contributed by atoms with E-state index in [1.165, 1.54) is 29.6 Å². The molecular weight excluding hydrogens is 419 g/mol. The first-order valence-corrected chi connectivity index (χ1v) is 10.1. The van der Waals surface area contributed by atoms with Gasteiger partial charge in [0.1, 0.15) is 5.82 Å². The fourth-order valence-electron chi connectivity index (χ4n) is 1.97. The van der Waals surface area contributed by atoms with Crippen LogP contribution in [0.15, 0.2) is 32.8 Å². The molecule has 0 saturated heterocycles. The highest BCUT2D eigenvalue weighted by Crippen LogP contribution is 2.27. The Hall–Kier alpha value is -2.25. The van der Waals surface area contributed by atoms with E-state index in [2.05, 4.69) is 25.3 Å². The number of amides is 1. The first kappa shape index (κ1) is 22.0. The third kappa shape index (κ3) is 6.14. The molecular formula is C15H16F3N5O3S2. The van der Waals surface area contributed by atoms with Crippen molar-refractivity contribution in [1.29, 1.82) is 0 Å². The molecule has 1 aromatic carbocycles. The maximum atomic E-state index is 13.4. The van der Waals surface area contributed by atoms with Gasteiger partial charge in [-0.3, -0.25) is 15.5 Å². The summed E-state index contributed by atoms with van der Waals surface area (Å²) < 4.78 is 43.7. The molecule has 0 aliphatic carbocycles. The molecule has 8 nitrogen and oxygen atoms in total. The van der Waals surface area contributed by atoms with E-state index < -0.39 is 17.8 Å². The number of aliphatic imine (C=N–C) groups is 1. The number of benzene rings is 1. The van der Waals surface area contributed by atoms with Crippen LogP contribution in [0.4, 0.5) is 18.9 Å². The van der Waals surface area contributed by atoms with Gasteiger partial charge < -0.3 is 5.32 Å². The fraction of sp³-hybridized carbons (Fsp3) is 0.333. The summed E-state index contributed by atoms with van der Waals surface area (Å²) in [6.45, 7) is 0.366. The second-order valence-corrected chi connectivity index (χ2v) is 7.08. The van der Waals surface area contributed by atoms with Crippen LogP contribution in [0.2, 0.25) is 0 Å². The Labute approximate surface area is 166 Å². The molecule has 1 aromatic heterocycles. The molecule has 28 heavy (non-hydrogen) atoms. The molecule has 152 valence electrons. The van der Waals surface area contributed by atoms with Crippen LogP contribution >= 0.6 is 23.5 Å². The minimum Gasteiger partial charge on any atom is -0.355 e. The minimum absolute atomic E-state index is 0.0310. The van der Waals surface area contributed by atoms with Crippen LogP contribution in [0.3, 0.4) is 0 Å². The van der Waals surface area contributed by atoms with Gasteiger partial charge in [0, 0.05) is 12.3 Å². The number of amidine groups is 1. The van der Waals surface area contributed by atoms with Crippen LogP contribution in [0, 0.1) is 5.82 Å². The molecule has 3 N–H and O–H groups in total. The Morgan fingerprint density at radius 3 is 2.86 bits per heavy atom. The van der Waals surface area contributed by atoms with Crippen molar-refractivity contribution in [3.8, 4) is 0 Å². The zero-order chi connectivity index (χ0) is 20.5. The molecule has 0 radical (unpaired) electrons. The maximum absolute atomic E-state index is 13.4. The second-order valence-electron chi connectivity index (χ2n) is 5.13. The molecule has 13 heteroatoms. The number of nitrogens with zero attached hydrogens (tertiary/aromatic N) is 3. The van der Waals surface area contributed by atoms with Crippen LogP contribution in [0.25, 0.3) is 0 Å². The normalized spacial score (nSPS) is 11.7. The highest BCUT2D eigenvalue weighted by molar-refractivity contribution is 7.99. The lowest BCUT2D eigenvalue weighted by Gasteiger charge is -2.06. The molecule has 0 aliphatic rings. The largest absolute Gasteiger partial charge is 0.355 e. The highest BCUT2D eigenvalue weighted by Gasteiger charge is 2.18. The van der Waals surface area contributed by atoms with Crippen molar-refractivity contribution in [2.45, 2.75) is 11.5 Å². The van der Waals surface area contributed by atoms with Crippen molar-refractivity contribution >= 4 is 41.0 Å². The zero-order valence-corrected chi connectivity index (χ0v) is 16.1. The quantitative estimate of drug-likeness (QED) is 0.181. The van der Waals surface area contributed by atoms with Crippen molar-refractivity contribution in [2.75, 3.05) is 24.3 Å². The van der Waals surface area contributed by atoms with Crippen molar-refractivity contribution < 1.29 is 27.8 Å². The molecule has 1 amide bonds. The Kier molecular flexibility index (Phi) is 8.60. The Morgan fingerprint density at radius 1 is 1.39 bits per heavy atom. The summed E-state index contributed by atoms with van der Waals surface area (Å²) in [5.74, 6) is -0.591. The highest BCUT2D eigenvalue weighted by atomic mass is 32.2. The predicted molar refractivity (Wildman–Crippen MR) is 98.9 cm³/mol. The number of thioether (sulfide) groups is 2. The number of aromatic nitrogens is 2. The first-order chi connectivity index (χ1) is 13.5. The number of rotatable bonds is 9. The number of nitrogens with one attached hydrogen (secondary N) is 2. The number of hydrogen-bond acceptors (Lipinski definition) is 8. The van der Waals surface area contributed by atoms with E-state index in [1.54, 1.807) is 5.48 Å². The number of carbonyl (C=O) groups excluding carboxylic acids is 1. The number of alkyl halides is 2. The molecule has 2 aromatic rings. The van der Waals surface area contributed by atoms with Crippen LogP contribution in [-0.2, 0) is 4.79 Å². The molecule has 0 unspecified atom stereocenters. The zero-order valence-electron chi connectivity index (χ0n) is 14.5. The molecule has 0 saturated carbocycles. The monoisotopic (exact) mass is 435 g/mol. The van der Waals surface area contributed by atoms with Gasteiger partial charge >= 0.3 is 0 Å². The van der Waals surface area contributed by atoms with Gasteiger partial charge in [0.2, 0.25) is 5.91 Å². The van der Waals surface area contributed by atoms with Crippen LogP contribution in [0.1, 0.15) is 17.7 Å². The summed E-state index contributed by atoms with van der Waals surface area (Å²) in [5, 5.41) is 19.6. The molecule has 0 bridgehead atoms. The van der Waals surface area contributed by atoms with E-state index in [9.17, 15) is 23.2 Å². The van der Waals surface area contributed by atoms with Gasteiger partial charge in [-0.2, -0.15) is 11.8 Å². The third-order valence-electron chi connectivity index (χ3n) is 3.18. The molecule has 0 spiro atoms. The summed E-state index contributed by atoms with van der Waals surface area (Å²) in [6.07, 6.45) is -1.20. The SMILES string of the molecule is CSCC(=O)NCCSc1nonc1C(=Nc1ccc(F)c(C(F)F)c1)NO. The van der Waals surface area contributed by atoms with Crippen molar-refractivity contribution in [3.05, 3.63) is 35.3 Å². The summed E-state index contributed by atoms with van der Waals surface area (Å²) in [5.41, 5.74) is 0.992. The van der Waals surface area contributed by atoms with Gasteiger partial charge in [0.15, 0.2) is 16.6 Å². The average molecular weight is 435 g/mol. The Morgan fingerprint density at radius 2 is 2.18 bits per heavy atom. The molecule has 2 rings (SSSR count). The summed E-state index contributed by atoms with van der Waals surface area (Å²) >= 11 is 2.58. The minimum atomic E-state index is -3.01. The number of carbonyl (C=O) groups is 1. The topological polar surface area (TPSA) is 113 Å². The van der Waals surface area contributed by atoms with E-state index in [0.29, 0.717) is 18.1 Å². The van der Waals surface area contributed by atoms with E-state index in [1.807, 2.05) is 6.26 Å². The van der Waals surface area contributed by atoms with Gasteiger partial charge in [-0.25, -0.2) is 22.8 Å².